The van der Waals surface area contributed by atoms with Crippen molar-refractivity contribution >= 4 is 45.6 Å². The van der Waals surface area contributed by atoms with E-state index in [2.05, 4.69) is 5.32 Å². The minimum atomic E-state index is -1.32. The summed E-state index contributed by atoms with van der Waals surface area (Å²) in [5, 5.41) is 15.5. The number of carbonyl (C=O) groups is 2. The van der Waals surface area contributed by atoms with Gasteiger partial charge in [0.2, 0.25) is 5.91 Å². The zero-order chi connectivity index (χ0) is 25.1. The van der Waals surface area contributed by atoms with Crippen LogP contribution in [0, 0.1) is 13.8 Å². The van der Waals surface area contributed by atoms with E-state index in [1.54, 1.807) is 6.07 Å². The lowest BCUT2D eigenvalue weighted by molar-refractivity contribution is -0.308. The third-order valence-electron chi connectivity index (χ3n) is 6.17. The van der Waals surface area contributed by atoms with Gasteiger partial charge in [0.05, 0.1) is 12.0 Å². The third-order valence-corrected chi connectivity index (χ3v) is 6.81. The van der Waals surface area contributed by atoms with Crippen molar-refractivity contribution in [2.24, 2.45) is 0 Å². The van der Waals surface area contributed by atoms with E-state index in [-0.39, 0.29) is 19.3 Å². The average Bonchev–Trinajstić information content (AvgIpc) is 3.15. The largest absolute Gasteiger partial charge is 0.548 e. The highest BCUT2D eigenvalue weighted by Gasteiger charge is 2.19. The molecule has 0 saturated heterocycles. The van der Waals surface area contributed by atoms with E-state index in [0.29, 0.717) is 22.5 Å². The van der Waals surface area contributed by atoms with E-state index < -0.39 is 23.5 Å². The fourth-order valence-corrected chi connectivity index (χ4v) is 4.82. The molecule has 0 spiro atoms. The minimum Gasteiger partial charge on any atom is -0.548 e. The molecule has 1 amide bonds. The van der Waals surface area contributed by atoms with Crippen molar-refractivity contribution in [3.8, 4) is 11.1 Å². The SMILES string of the molecule is CSCC[C@H](NC(=O)CCc1c(C)c2cc3c(-c4ccccc4)c(C)oc3cc2oc1=O)C(=O)[O-]. The number of rotatable bonds is 9. The van der Waals surface area contributed by atoms with Gasteiger partial charge in [-0.3, -0.25) is 4.79 Å². The van der Waals surface area contributed by atoms with Crippen molar-refractivity contribution in [2.75, 3.05) is 12.0 Å². The smallest absolute Gasteiger partial charge is 0.339 e. The number of carbonyl (C=O) groups excluding carboxylic acids is 2. The van der Waals surface area contributed by atoms with E-state index in [9.17, 15) is 19.5 Å². The number of amides is 1. The van der Waals surface area contributed by atoms with E-state index in [1.165, 1.54) is 11.8 Å². The lowest BCUT2D eigenvalue weighted by Gasteiger charge is -2.19. The molecule has 0 aliphatic carbocycles. The highest BCUT2D eigenvalue weighted by Crippen LogP contribution is 2.37. The molecular weight excluding hydrogens is 466 g/mol. The number of thioether (sulfide) groups is 1. The number of furan rings is 1. The summed E-state index contributed by atoms with van der Waals surface area (Å²) in [6.07, 6.45) is 2.22. The Balaban J connectivity index is 1.65. The number of aryl methyl sites for hydroxylation is 2. The van der Waals surface area contributed by atoms with Gasteiger partial charge in [0.1, 0.15) is 16.9 Å². The van der Waals surface area contributed by atoms with Gasteiger partial charge < -0.3 is 24.1 Å². The van der Waals surface area contributed by atoms with Gasteiger partial charge >= 0.3 is 5.63 Å². The Morgan fingerprint density at radius 2 is 1.77 bits per heavy atom. The van der Waals surface area contributed by atoms with Gasteiger partial charge in [0.15, 0.2) is 0 Å². The molecule has 182 valence electrons. The van der Waals surface area contributed by atoms with Gasteiger partial charge in [-0.2, -0.15) is 11.8 Å². The quantitative estimate of drug-likeness (QED) is 0.354. The van der Waals surface area contributed by atoms with Crippen LogP contribution < -0.4 is 16.0 Å². The molecule has 0 fully saturated rings. The lowest BCUT2D eigenvalue weighted by Crippen LogP contribution is -2.48. The number of fused-ring (bicyclic) bond motifs is 2. The number of benzene rings is 2. The average molecular weight is 493 g/mol. The molecule has 35 heavy (non-hydrogen) atoms. The Bertz CT molecular complexity index is 1450. The second kappa shape index (κ2) is 10.4. The predicted octanol–water partition coefficient (Wildman–Crippen LogP) is 3.74. The molecule has 8 heteroatoms. The summed E-state index contributed by atoms with van der Waals surface area (Å²) in [5.41, 5.74) is 3.64. The van der Waals surface area contributed by atoms with Gasteiger partial charge in [-0.15, -0.1) is 0 Å². The Labute approximate surface area is 206 Å². The predicted molar refractivity (Wildman–Crippen MR) is 135 cm³/mol. The Morgan fingerprint density at radius 1 is 1.06 bits per heavy atom. The molecule has 0 aliphatic rings. The first-order chi connectivity index (χ1) is 16.8. The van der Waals surface area contributed by atoms with Crippen LogP contribution in [0.2, 0.25) is 0 Å². The molecule has 0 radical (unpaired) electrons. The van der Waals surface area contributed by atoms with Crippen molar-refractivity contribution < 1.29 is 23.5 Å². The van der Waals surface area contributed by atoms with Gasteiger partial charge in [-0.25, -0.2) is 4.79 Å². The van der Waals surface area contributed by atoms with Crippen LogP contribution in [-0.4, -0.2) is 29.9 Å². The molecule has 0 bridgehead atoms. The molecule has 1 N–H and O–H groups in total. The van der Waals surface area contributed by atoms with Crippen molar-refractivity contribution in [1.82, 2.24) is 5.32 Å². The van der Waals surface area contributed by atoms with Crippen molar-refractivity contribution in [3.63, 3.8) is 0 Å². The second-order valence-corrected chi connectivity index (χ2v) is 9.44. The fraction of sp³-hybridized carbons (Fsp3) is 0.296. The van der Waals surface area contributed by atoms with Crippen LogP contribution in [-0.2, 0) is 16.0 Å². The molecule has 7 nitrogen and oxygen atoms in total. The molecule has 2 aromatic heterocycles. The lowest BCUT2D eigenvalue weighted by atomic mass is 9.98. The van der Waals surface area contributed by atoms with E-state index in [1.807, 2.05) is 56.5 Å². The molecule has 2 heterocycles. The molecule has 1 atom stereocenters. The van der Waals surface area contributed by atoms with E-state index in [0.717, 1.165) is 33.2 Å². The summed E-state index contributed by atoms with van der Waals surface area (Å²) in [6.45, 7) is 3.73. The number of aliphatic carboxylic acids is 1. The highest BCUT2D eigenvalue weighted by molar-refractivity contribution is 7.98. The van der Waals surface area contributed by atoms with Gasteiger partial charge in [-0.05, 0) is 55.9 Å². The Hall–Kier alpha value is -3.52. The molecule has 0 unspecified atom stereocenters. The summed E-state index contributed by atoms with van der Waals surface area (Å²) < 4.78 is 11.6. The molecule has 2 aromatic carbocycles. The maximum absolute atomic E-state index is 12.7. The number of hydrogen-bond acceptors (Lipinski definition) is 7. The van der Waals surface area contributed by atoms with Crippen LogP contribution >= 0.6 is 11.8 Å². The van der Waals surface area contributed by atoms with Crippen LogP contribution in [0.15, 0.2) is 56.1 Å². The normalized spacial score (nSPS) is 12.2. The zero-order valence-electron chi connectivity index (χ0n) is 19.8. The molecule has 0 aliphatic heterocycles. The van der Waals surface area contributed by atoms with Crippen LogP contribution in [0.4, 0.5) is 0 Å². The van der Waals surface area contributed by atoms with Gasteiger partial charge in [-0.1, -0.05) is 30.3 Å². The molecular formula is C27H26NO6S-. The van der Waals surface area contributed by atoms with E-state index >= 15 is 0 Å². The summed E-state index contributed by atoms with van der Waals surface area (Å²) in [4.78, 5) is 36.4. The van der Waals surface area contributed by atoms with Crippen LogP contribution in [0.25, 0.3) is 33.1 Å². The highest BCUT2D eigenvalue weighted by atomic mass is 32.2. The summed E-state index contributed by atoms with van der Waals surface area (Å²) in [5.74, 6) is -0.421. The maximum atomic E-state index is 12.7. The Kier molecular flexibility index (Phi) is 7.31. The van der Waals surface area contributed by atoms with Crippen LogP contribution in [0.1, 0.15) is 29.7 Å². The summed E-state index contributed by atoms with van der Waals surface area (Å²) in [6, 6.07) is 12.5. The standard InChI is InChI=1S/C27H27NO6S/c1-15-18(9-10-24(29)28-21(26(30)31)11-12-35-3)27(32)34-22-14-23-20(13-19(15)22)25(16(2)33-23)17-7-5-4-6-8-17/h4-8,13-14,21H,9-12H2,1-3H3,(H,28,29)(H,30,31)/p-1/t21-/m0/s1. The van der Waals surface area contributed by atoms with Gasteiger partial charge in [0.25, 0.3) is 0 Å². The van der Waals surface area contributed by atoms with Crippen molar-refractivity contribution in [1.29, 1.82) is 0 Å². The minimum absolute atomic E-state index is 0.0392. The number of hydrogen-bond donors (Lipinski definition) is 1. The molecule has 4 rings (SSSR count). The third kappa shape index (κ3) is 5.12. The molecule has 0 saturated carbocycles. The first-order valence-electron chi connectivity index (χ1n) is 11.3. The zero-order valence-corrected chi connectivity index (χ0v) is 20.6. The topological polar surface area (TPSA) is 113 Å². The second-order valence-electron chi connectivity index (χ2n) is 8.46. The van der Waals surface area contributed by atoms with Crippen molar-refractivity contribution in [2.45, 2.75) is 39.2 Å². The summed E-state index contributed by atoms with van der Waals surface area (Å²) in [7, 11) is 0. The number of carboxylic acids is 1. The van der Waals surface area contributed by atoms with Crippen LogP contribution in [0.5, 0.6) is 0 Å². The monoisotopic (exact) mass is 492 g/mol. The van der Waals surface area contributed by atoms with Crippen LogP contribution in [0.3, 0.4) is 0 Å². The fourth-order valence-electron chi connectivity index (χ4n) is 4.34. The first kappa shape index (κ1) is 24.6. The number of carboxylic acid groups (broad SMARTS) is 1. The Morgan fingerprint density at radius 3 is 2.46 bits per heavy atom. The summed E-state index contributed by atoms with van der Waals surface area (Å²) >= 11 is 1.49. The number of nitrogens with one attached hydrogen (secondary N) is 1. The molecule has 4 aromatic rings. The van der Waals surface area contributed by atoms with Gasteiger partial charge in [0, 0.05) is 34.4 Å². The maximum Gasteiger partial charge on any atom is 0.339 e. The van der Waals surface area contributed by atoms with Crippen molar-refractivity contribution in [3.05, 3.63) is 69.8 Å². The first-order valence-corrected chi connectivity index (χ1v) is 12.7. The van der Waals surface area contributed by atoms with E-state index in [4.69, 9.17) is 8.83 Å².